The van der Waals surface area contributed by atoms with Gasteiger partial charge in [0.25, 0.3) is 0 Å². The summed E-state index contributed by atoms with van der Waals surface area (Å²) >= 11 is 0. The fourth-order valence-corrected chi connectivity index (χ4v) is 5.69. The molecule has 1 aliphatic carbocycles. The fraction of sp³-hybridized carbons (Fsp3) is 0.462. The van der Waals surface area contributed by atoms with Crippen molar-refractivity contribution in [1.29, 1.82) is 0 Å². The van der Waals surface area contributed by atoms with Crippen LogP contribution < -0.4 is 10.0 Å². The summed E-state index contributed by atoms with van der Waals surface area (Å²) in [7, 11) is -3.37. The van der Waals surface area contributed by atoms with Crippen LogP contribution in [-0.2, 0) is 38.9 Å². The minimum atomic E-state index is -3.37. The first kappa shape index (κ1) is 24.3. The summed E-state index contributed by atoms with van der Waals surface area (Å²) in [5.74, 6) is 0.217. The Kier molecular flexibility index (Phi) is 6.98. The van der Waals surface area contributed by atoms with Crippen molar-refractivity contribution in [2.45, 2.75) is 51.6 Å². The minimum absolute atomic E-state index is 0.0199. The first-order valence-corrected chi connectivity index (χ1v) is 13.7. The van der Waals surface area contributed by atoms with Crippen LogP contribution in [0.15, 0.2) is 48.5 Å². The van der Waals surface area contributed by atoms with Gasteiger partial charge in [-0.15, -0.1) is 0 Å². The Bertz CT molecular complexity index is 1150. The molecule has 1 heterocycles. The predicted molar refractivity (Wildman–Crippen MR) is 133 cm³/mol. The maximum atomic E-state index is 13.7. The van der Waals surface area contributed by atoms with Gasteiger partial charge in [-0.2, -0.15) is 0 Å². The van der Waals surface area contributed by atoms with E-state index in [2.05, 4.69) is 36.0 Å². The molecule has 7 nitrogen and oxygen atoms in total. The summed E-state index contributed by atoms with van der Waals surface area (Å²) < 4.78 is 25.6. The molecule has 0 saturated carbocycles. The summed E-state index contributed by atoms with van der Waals surface area (Å²) in [5.41, 5.74) is 3.89. The van der Waals surface area contributed by atoms with E-state index in [0.717, 1.165) is 24.7 Å². The second kappa shape index (κ2) is 9.78. The molecule has 2 unspecified atom stereocenters. The number of hydrogen-bond donors (Lipinski definition) is 2. The molecule has 2 aromatic rings. The zero-order chi connectivity index (χ0) is 24.5. The van der Waals surface area contributed by atoms with Gasteiger partial charge in [0, 0.05) is 12.2 Å². The van der Waals surface area contributed by atoms with Crippen LogP contribution in [0, 0.1) is 11.8 Å². The van der Waals surface area contributed by atoms with Crippen molar-refractivity contribution in [3.63, 3.8) is 0 Å². The molecular weight excluding hydrogens is 450 g/mol. The molecule has 1 saturated heterocycles. The Balaban J connectivity index is 1.52. The second-order valence-electron chi connectivity index (χ2n) is 9.92. The normalized spacial score (nSPS) is 21.0. The van der Waals surface area contributed by atoms with Gasteiger partial charge in [-0.1, -0.05) is 50.2 Å². The quantitative estimate of drug-likeness (QED) is 0.604. The number of piperazine rings is 1. The molecule has 2 atom stereocenters. The predicted octanol–water partition coefficient (Wildman–Crippen LogP) is 2.76. The molecule has 1 aliphatic heterocycles. The first-order chi connectivity index (χ1) is 16.1. The molecule has 0 spiro atoms. The molecule has 0 aromatic heterocycles. The zero-order valence-electron chi connectivity index (χ0n) is 20.0. The Labute approximate surface area is 202 Å². The molecule has 2 aromatic carbocycles. The number of benzene rings is 2. The lowest BCUT2D eigenvalue weighted by molar-refractivity contribution is -0.151. The molecule has 2 aliphatic rings. The molecular formula is C26H33N3O4S. The number of carbonyl (C=O) groups excluding carboxylic acids is 2. The van der Waals surface area contributed by atoms with Gasteiger partial charge >= 0.3 is 0 Å². The molecule has 182 valence electrons. The Hall–Kier alpha value is -2.87. The summed E-state index contributed by atoms with van der Waals surface area (Å²) in [6.45, 7) is 4.51. The monoisotopic (exact) mass is 483 g/mol. The number of amides is 2. The molecule has 1 fully saturated rings. The molecule has 0 radical (unpaired) electrons. The molecule has 4 rings (SSSR count). The summed E-state index contributed by atoms with van der Waals surface area (Å²) in [5, 5.41) is 3.05. The Morgan fingerprint density at radius 3 is 2.35 bits per heavy atom. The van der Waals surface area contributed by atoms with Crippen molar-refractivity contribution in [3.8, 4) is 0 Å². The van der Waals surface area contributed by atoms with Gasteiger partial charge in [-0.3, -0.25) is 14.3 Å². The highest BCUT2D eigenvalue weighted by Gasteiger charge is 2.44. The number of nitrogens with one attached hydrogen (secondary N) is 2. The number of sulfonamides is 1. The van der Waals surface area contributed by atoms with Crippen LogP contribution in [-0.4, -0.2) is 50.0 Å². The van der Waals surface area contributed by atoms with Crippen LogP contribution in [0.2, 0.25) is 0 Å². The molecule has 8 heteroatoms. The fourth-order valence-electron chi connectivity index (χ4n) is 5.13. The van der Waals surface area contributed by atoms with Crippen LogP contribution in [0.3, 0.4) is 0 Å². The maximum absolute atomic E-state index is 13.7. The van der Waals surface area contributed by atoms with Gasteiger partial charge in [-0.25, -0.2) is 8.42 Å². The largest absolute Gasteiger partial charge is 0.342 e. The SMILES string of the molecule is CC(C)CC1C(=O)NC(C2Cc3ccccc3C2)C(=O)N1CCc1cccc(NS(C)(=O)=O)c1. The zero-order valence-corrected chi connectivity index (χ0v) is 20.8. The van der Waals surface area contributed by atoms with Crippen LogP contribution >= 0.6 is 0 Å². The van der Waals surface area contributed by atoms with Gasteiger partial charge in [0.2, 0.25) is 21.8 Å². The third-order valence-corrected chi connectivity index (χ3v) is 7.25. The molecule has 2 N–H and O–H groups in total. The second-order valence-corrected chi connectivity index (χ2v) is 11.7. The number of fused-ring (bicyclic) bond motifs is 1. The number of hydrogen-bond acceptors (Lipinski definition) is 4. The molecule has 2 amide bonds. The Morgan fingerprint density at radius 2 is 1.74 bits per heavy atom. The van der Waals surface area contributed by atoms with E-state index >= 15 is 0 Å². The van der Waals surface area contributed by atoms with E-state index in [1.165, 1.54) is 11.1 Å². The van der Waals surface area contributed by atoms with Gasteiger partial charge in [0.05, 0.1) is 6.26 Å². The van der Waals surface area contributed by atoms with E-state index in [9.17, 15) is 18.0 Å². The third-order valence-electron chi connectivity index (χ3n) is 6.65. The van der Waals surface area contributed by atoms with Crippen molar-refractivity contribution in [2.24, 2.45) is 11.8 Å². The van der Waals surface area contributed by atoms with Crippen LogP contribution in [0.1, 0.15) is 37.0 Å². The van der Waals surface area contributed by atoms with E-state index in [-0.39, 0.29) is 23.7 Å². The molecule has 34 heavy (non-hydrogen) atoms. The standard InChI is InChI=1S/C26H33N3O4S/c1-17(2)13-23-25(30)27-24(21-15-19-8-4-5-9-20(19)16-21)26(31)29(23)12-11-18-7-6-10-22(14-18)28-34(3,32)33/h4-10,14,17,21,23-24,28H,11-13,15-16H2,1-3H3,(H,27,30). The van der Waals surface area contributed by atoms with Crippen molar-refractivity contribution >= 4 is 27.5 Å². The van der Waals surface area contributed by atoms with E-state index < -0.39 is 22.1 Å². The Morgan fingerprint density at radius 1 is 1.06 bits per heavy atom. The first-order valence-electron chi connectivity index (χ1n) is 11.8. The third kappa shape index (κ3) is 5.60. The highest BCUT2D eigenvalue weighted by atomic mass is 32.2. The summed E-state index contributed by atoms with van der Waals surface area (Å²) in [6.07, 6.45) is 3.82. The van der Waals surface area contributed by atoms with Crippen LogP contribution in [0.5, 0.6) is 0 Å². The summed E-state index contributed by atoms with van der Waals surface area (Å²) in [6, 6.07) is 14.4. The lowest BCUT2D eigenvalue weighted by atomic mass is 9.90. The van der Waals surface area contributed by atoms with E-state index in [1.54, 1.807) is 23.1 Å². The van der Waals surface area contributed by atoms with Gasteiger partial charge in [0.1, 0.15) is 12.1 Å². The van der Waals surface area contributed by atoms with Crippen molar-refractivity contribution < 1.29 is 18.0 Å². The number of carbonyl (C=O) groups is 2. The smallest absolute Gasteiger partial charge is 0.246 e. The number of anilines is 1. The van der Waals surface area contributed by atoms with Crippen molar-refractivity contribution in [2.75, 3.05) is 17.5 Å². The van der Waals surface area contributed by atoms with Crippen molar-refractivity contribution in [1.82, 2.24) is 10.2 Å². The van der Waals surface area contributed by atoms with Gasteiger partial charge < -0.3 is 10.2 Å². The summed E-state index contributed by atoms with van der Waals surface area (Å²) in [4.78, 5) is 28.6. The highest BCUT2D eigenvalue weighted by molar-refractivity contribution is 7.92. The van der Waals surface area contributed by atoms with Crippen LogP contribution in [0.4, 0.5) is 5.69 Å². The average molecular weight is 484 g/mol. The van der Waals surface area contributed by atoms with Crippen molar-refractivity contribution in [3.05, 3.63) is 65.2 Å². The average Bonchev–Trinajstić information content (AvgIpc) is 3.18. The topological polar surface area (TPSA) is 95.6 Å². The molecule has 0 bridgehead atoms. The minimum Gasteiger partial charge on any atom is -0.342 e. The number of rotatable bonds is 8. The van der Waals surface area contributed by atoms with E-state index in [4.69, 9.17) is 0 Å². The lowest BCUT2D eigenvalue weighted by Gasteiger charge is -2.41. The van der Waals surface area contributed by atoms with E-state index in [0.29, 0.717) is 25.1 Å². The van der Waals surface area contributed by atoms with Crippen LogP contribution in [0.25, 0.3) is 0 Å². The highest BCUT2D eigenvalue weighted by Crippen LogP contribution is 2.31. The maximum Gasteiger partial charge on any atom is 0.246 e. The number of nitrogens with zero attached hydrogens (tertiary/aromatic N) is 1. The van der Waals surface area contributed by atoms with Gasteiger partial charge in [0.15, 0.2) is 0 Å². The lowest BCUT2D eigenvalue weighted by Crippen LogP contribution is -2.65. The van der Waals surface area contributed by atoms with Gasteiger partial charge in [-0.05, 0) is 66.3 Å². The van der Waals surface area contributed by atoms with E-state index in [1.807, 2.05) is 18.2 Å².